The number of nitrogens with zero attached hydrogens (tertiary/aromatic N) is 2. The Morgan fingerprint density at radius 2 is 2.08 bits per heavy atom. The van der Waals surface area contributed by atoms with Gasteiger partial charge in [0.2, 0.25) is 11.8 Å². The predicted octanol–water partition coefficient (Wildman–Crippen LogP) is 1.54. The summed E-state index contributed by atoms with van der Waals surface area (Å²) in [6.07, 6.45) is 1.38. The van der Waals surface area contributed by atoms with Crippen molar-refractivity contribution in [3.8, 4) is 0 Å². The van der Waals surface area contributed by atoms with Crippen molar-refractivity contribution in [3.63, 3.8) is 0 Å². The van der Waals surface area contributed by atoms with E-state index in [1.54, 1.807) is 0 Å². The molecule has 136 valence electrons. The Bertz CT molecular complexity index is 825. The molecule has 5 rings (SSSR count). The first-order chi connectivity index (χ1) is 12.6. The zero-order valence-corrected chi connectivity index (χ0v) is 14.6. The third-order valence-electron chi connectivity index (χ3n) is 6.56. The Balaban J connectivity index is 1.69. The quantitative estimate of drug-likeness (QED) is 0.827. The second kappa shape index (κ2) is 5.30. The van der Waals surface area contributed by atoms with Crippen LogP contribution in [0.15, 0.2) is 24.3 Å². The van der Waals surface area contributed by atoms with Gasteiger partial charge in [-0.1, -0.05) is 25.1 Å². The van der Waals surface area contributed by atoms with Crippen molar-refractivity contribution in [1.82, 2.24) is 9.80 Å². The number of carbonyl (C=O) groups is 3. The molecule has 26 heavy (non-hydrogen) atoms. The summed E-state index contributed by atoms with van der Waals surface area (Å²) in [5.74, 6) is -1.06. The van der Waals surface area contributed by atoms with E-state index >= 15 is 0 Å². The maximum Gasteiger partial charge on any atom is 0.416 e. The van der Waals surface area contributed by atoms with E-state index in [-0.39, 0.29) is 36.9 Å². The van der Waals surface area contributed by atoms with E-state index in [1.807, 2.05) is 31.2 Å². The van der Waals surface area contributed by atoms with Crippen molar-refractivity contribution in [3.05, 3.63) is 29.8 Å². The molecule has 4 heterocycles. The third-order valence-corrected chi connectivity index (χ3v) is 6.56. The molecule has 0 bridgehead atoms. The molecule has 0 radical (unpaired) electrons. The van der Waals surface area contributed by atoms with Gasteiger partial charge in [-0.05, 0) is 31.4 Å². The number of cyclic esters (lactones) is 1. The number of hydrogen-bond donors (Lipinski definition) is 1. The highest BCUT2D eigenvalue weighted by Gasteiger charge is 2.69. The summed E-state index contributed by atoms with van der Waals surface area (Å²) >= 11 is 0. The molecule has 0 aliphatic carbocycles. The van der Waals surface area contributed by atoms with Crippen molar-refractivity contribution in [1.29, 1.82) is 0 Å². The maximum absolute atomic E-state index is 13.4. The lowest BCUT2D eigenvalue weighted by atomic mass is 9.74. The fraction of sp³-hybridized carbons (Fsp3) is 0.526. The molecule has 1 aromatic carbocycles. The maximum atomic E-state index is 13.4. The zero-order valence-electron chi connectivity index (χ0n) is 14.6. The number of carbonyl (C=O) groups excluding carboxylic acids is 3. The number of para-hydroxylation sites is 1. The van der Waals surface area contributed by atoms with Crippen LogP contribution in [-0.4, -0.2) is 53.4 Å². The Labute approximate surface area is 151 Å². The van der Waals surface area contributed by atoms with Crippen LogP contribution in [0.3, 0.4) is 0 Å². The SMILES string of the molecule is C[C@@H]1[C@H]2CCCN2[C@]2(C(=O)Nc3ccccc32)[C@H]1C(=O)N1CCOC1=O. The molecule has 7 heteroatoms. The van der Waals surface area contributed by atoms with E-state index in [9.17, 15) is 14.4 Å². The van der Waals surface area contributed by atoms with Crippen LogP contribution in [0.1, 0.15) is 25.3 Å². The molecule has 0 aromatic heterocycles. The Hall–Kier alpha value is -2.41. The first-order valence-electron chi connectivity index (χ1n) is 9.22. The minimum absolute atomic E-state index is 0.0182. The minimum Gasteiger partial charge on any atom is -0.447 e. The summed E-state index contributed by atoms with van der Waals surface area (Å²) in [5, 5.41) is 2.98. The molecule has 1 N–H and O–H groups in total. The molecule has 3 amide bonds. The largest absolute Gasteiger partial charge is 0.447 e. The molecule has 4 aliphatic rings. The number of benzene rings is 1. The molecule has 4 aliphatic heterocycles. The van der Waals surface area contributed by atoms with Crippen molar-refractivity contribution < 1.29 is 19.1 Å². The van der Waals surface area contributed by atoms with Gasteiger partial charge in [-0.25, -0.2) is 9.69 Å². The van der Waals surface area contributed by atoms with E-state index in [1.165, 1.54) is 4.90 Å². The average molecular weight is 355 g/mol. The van der Waals surface area contributed by atoms with Gasteiger partial charge in [-0.3, -0.25) is 14.5 Å². The van der Waals surface area contributed by atoms with Crippen LogP contribution in [-0.2, 0) is 19.9 Å². The van der Waals surface area contributed by atoms with Crippen molar-refractivity contribution in [2.24, 2.45) is 11.8 Å². The molecule has 3 fully saturated rings. The van der Waals surface area contributed by atoms with Gasteiger partial charge in [0.25, 0.3) is 0 Å². The lowest BCUT2D eigenvalue weighted by Crippen LogP contribution is -2.55. The van der Waals surface area contributed by atoms with E-state index in [0.717, 1.165) is 30.6 Å². The first-order valence-corrected chi connectivity index (χ1v) is 9.22. The summed E-state index contributed by atoms with van der Waals surface area (Å²) in [6.45, 7) is 3.29. The first kappa shape index (κ1) is 15.8. The molecule has 1 aromatic rings. The van der Waals surface area contributed by atoms with Crippen LogP contribution >= 0.6 is 0 Å². The molecule has 0 unspecified atom stereocenters. The topological polar surface area (TPSA) is 79.0 Å². The number of amides is 3. The number of anilines is 1. The summed E-state index contributed by atoms with van der Waals surface area (Å²) in [5.41, 5.74) is 0.586. The zero-order chi connectivity index (χ0) is 18.1. The average Bonchev–Trinajstić information content (AvgIpc) is 3.36. The van der Waals surface area contributed by atoms with Gasteiger partial charge in [0, 0.05) is 17.3 Å². The standard InChI is InChI=1S/C19H21N3O4/c1-11-14-7-4-8-22(14)19(12-5-2-3-6-13(12)20-17(19)24)15(11)16(23)21-9-10-26-18(21)25/h2-3,5-6,11,14-15H,4,7-10H2,1H3,(H,20,24)/t11-,14-,15-,19+/m1/s1. The van der Waals surface area contributed by atoms with Crippen molar-refractivity contribution in [2.45, 2.75) is 31.3 Å². The van der Waals surface area contributed by atoms with Gasteiger partial charge in [-0.15, -0.1) is 0 Å². The van der Waals surface area contributed by atoms with Crippen LogP contribution in [0.25, 0.3) is 0 Å². The lowest BCUT2D eigenvalue weighted by molar-refractivity contribution is -0.142. The molecular weight excluding hydrogens is 334 g/mol. The monoisotopic (exact) mass is 355 g/mol. The van der Waals surface area contributed by atoms with Gasteiger partial charge in [-0.2, -0.15) is 0 Å². The second-order valence-electron chi connectivity index (χ2n) is 7.61. The Morgan fingerprint density at radius 3 is 2.85 bits per heavy atom. The van der Waals surface area contributed by atoms with Crippen LogP contribution < -0.4 is 5.32 Å². The molecule has 1 spiro atoms. The van der Waals surface area contributed by atoms with Crippen LogP contribution in [0, 0.1) is 11.8 Å². The van der Waals surface area contributed by atoms with Crippen LogP contribution in [0.4, 0.5) is 10.5 Å². The highest BCUT2D eigenvalue weighted by atomic mass is 16.6. The van der Waals surface area contributed by atoms with Crippen molar-refractivity contribution >= 4 is 23.6 Å². The summed E-state index contributed by atoms with van der Waals surface area (Å²) in [4.78, 5) is 42.2. The van der Waals surface area contributed by atoms with E-state index < -0.39 is 17.6 Å². The summed E-state index contributed by atoms with van der Waals surface area (Å²) in [6, 6.07) is 7.76. The number of nitrogens with one attached hydrogen (secondary N) is 1. The Kier molecular flexibility index (Phi) is 3.22. The van der Waals surface area contributed by atoms with Gasteiger partial charge in [0.05, 0.1) is 12.5 Å². The number of hydrogen-bond acceptors (Lipinski definition) is 5. The van der Waals surface area contributed by atoms with E-state index in [4.69, 9.17) is 4.74 Å². The minimum atomic E-state index is -1.03. The summed E-state index contributed by atoms with van der Waals surface area (Å²) < 4.78 is 4.97. The fourth-order valence-corrected chi connectivity index (χ4v) is 5.58. The highest BCUT2D eigenvalue weighted by Crippen LogP contribution is 2.57. The van der Waals surface area contributed by atoms with Crippen LogP contribution in [0.5, 0.6) is 0 Å². The normalized spacial score (nSPS) is 35.6. The molecular formula is C19H21N3O4. The number of imide groups is 1. The van der Waals surface area contributed by atoms with Crippen molar-refractivity contribution in [2.75, 3.05) is 25.0 Å². The number of rotatable bonds is 1. The molecule has 0 saturated carbocycles. The number of ether oxygens (including phenoxy) is 1. The lowest BCUT2D eigenvalue weighted by Gasteiger charge is -2.37. The van der Waals surface area contributed by atoms with Gasteiger partial charge in [0.1, 0.15) is 12.1 Å². The fourth-order valence-electron chi connectivity index (χ4n) is 5.58. The number of fused-ring (bicyclic) bond motifs is 4. The van der Waals surface area contributed by atoms with E-state index in [2.05, 4.69) is 10.2 Å². The van der Waals surface area contributed by atoms with Gasteiger partial charge < -0.3 is 10.1 Å². The smallest absolute Gasteiger partial charge is 0.416 e. The third kappa shape index (κ3) is 1.74. The Morgan fingerprint density at radius 1 is 1.27 bits per heavy atom. The molecule has 4 atom stereocenters. The van der Waals surface area contributed by atoms with Gasteiger partial charge in [0.15, 0.2) is 0 Å². The highest BCUT2D eigenvalue weighted by molar-refractivity contribution is 6.10. The molecule has 3 saturated heterocycles. The van der Waals surface area contributed by atoms with Gasteiger partial charge >= 0.3 is 6.09 Å². The predicted molar refractivity (Wildman–Crippen MR) is 92.2 cm³/mol. The summed E-state index contributed by atoms with van der Waals surface area (Å²) in [7, 11) is 0. The second-order valence-corrected chi connectivity index (χ2v) is 7.61. The van der Waals surface area contributed by atoms with Crippen LogP contribution in [0.2, 0.25) is 0 Å². The van der Waals surface area contributed by atoms with E-state index in [0.29, 0.717) is 0 Å². The molecule has 7 nitrogen and oxygen atoms in total.